The van der Waals surface area contributed by atoms with Crippen LogP contribution in [0.3, 0.4) is 0 Å². The molecule has 1 aliphatic rings. The first-order valence-corrected chi connectivity index (χ1v) is 9.04. The van der Waals surface area contributed by atoms with Crippen LogP contribution in [0.15, 0.2) is 42.5 Å². The van der Waals surface area contributed by atoms with Gasteiger partial charge in [0.2, 0.25) is 5.91 Å². The molecule has 0 radical (unpaired) electrons. The molecule has 0 fully saturated rings. The Bertz CT molecular complexity index is 886. The fourth-order valence-electron chi connectivity index (χ4n) is 3.16. The largest absolute Gasteiger partial charge is 0.494 e. The summed E-state index contributed by atoms with van der Waals surface area (Å²) in [5.41, 5.74) is 1.33. The number of anilines is 1. The molecule has 7 heteroatoms. The molecule has 2 aromatic carbocycles. The Morgan fingerprint density at radius 1 is 1.29 bits per heavy atom. The molecule has 1 heterocycles. The molecule has 0 N–H and O–H groups in total. The minimum Gasteiger partial charge on any atom is -0.494 e. The maximum Gasteiger partial charge on any atom is 0.267 e. The van der Waals surface area contributed by atoms with E-state index < -0.39 is 11.9 Å². The van der Waals surface area contributed by atoms with Gasteiger partial charge in [-0.05, 0) is 36.8 Å². The average Bonchev–Trinajstić information content (AvgIpc) is 2.68. The summed E-state index contributed by atoms with van der Waals surface area (Å²) in [4.78, 5) is 28.1. The number of hydrogen-bond acceptors (Lipinski definition) is 4. The Balaban J connectivity index is 1.63. The molecule has 28 heavy (non-hydrogen) atoms. The van der Waals surface area contributed by atoms with Crippen LogP contribution in [0.2, 0.25) is 0 Å². The van der Waals surface area contributed by atoms with Crippen molar-refractivity contribution in [2.45, 2.75) is 26.0 Å². The number of carbonyl (C=O) groups excluding carboxylic acids is 2. The Morgan fingerprint density at radius 2 is 2.04 bits per heavy atom. The van der Waals surface area contributed by atoms with Crippen LogP contribution in [0.25, 0.3) is 0 Å². The van der Waals surface area contributed by atoms with E-state index in [1.54, 1.807) is 37.1 Å². The quantitative estimate of drug-likeness (QED) is 0.766. The van der Waals surface area contributed by atoms with Crippen LogP contribution in [-0.2, 0) is 16.1 Å². The number of benzene rings is 2. The highest BCUT2D eigenvalue weighted by atomic mass is 19.1. The third-order valence-corrected chi connectivity index (χ3v) is 4.68. The van der Waals surface area contributed by atoms with Crippen molar-refractivity contribution >= 4 is 17.5 Å². The molecule has 1 aliphatic heterocycles. The van der Waals surface area contributed by atoms with Crippen molar-refractivity contribution in [2.24, 2.45) is 0 Å². The molecule has 0 saturated heterocycles. The minimum absolute atomic E-state index is 0.138. The molecule has 2 amide bonds. The van der Waals surface area contributed by atoms with Gasteiger partial charge in [0.25, 0.3) is 5.91 Å². The molecule has 0 saturated carbocycles. The van der Waals surface area contributed by atoms with Crippen LogP contribution < -0.4 is 14.4 Å². The molecule has 2 aromatic rings. The number of amides is 2. The molecule has 6 nitrogen and oxygen atoms in total. The monoisotopic (exact) mass is 386 g/mol. The van der Waals surface area contributed by atoms with Gasteiger partial charge in [-0.1, -0.05) is 18.2 Å². The third-order valence-electron chi connectivity index (χ3n) is 4.68. The van der Waals surface area contributed by atoms with Gasteiger partial charge in [0.1, 0.15) is 5.75 Å². The molecule has 148 valence electrons. The number of rotatable bonds is 6. The average molecular weight is 386 g/mol. The number of hydrogen-bond donors (Lipinski definition) is 0. The fourth-order valence-corrected chi connectivity index (χ4v) is 3.16. The van der Waals surface area contributed by atoms with Crippen molar-refractivity contribution < 1.29 is 23.5 Å². The van der Waals surface area contributed by atoms with Crippen molar-refractivity contribution in [3.05, 3.63) is 53.8 Å². The number of ether oxygens (including phenoxy) is 2. The first-order valence-electron chi connectivity index (χ1n) is 9.04. The van der Waals surface area contributed by atoms with Gasteiger partial charge in [-0.15, -0.1) is 0 Å². The van der Waals surface area contributed by atoms with Crippen molar-refractivity contribution in [3.8, 4) is 11.5 Å². The zero-order valence-electron chi connectivity index (χ0n) is 16.1. The molecule has 0 spiro atoms. The lowest BCUT2D eigenvalue weighted by Crippen LogP contribution is -2.45. The van der Waals surface area contributed by atoms with Crippen molar-refractivity contribution in [1.29, 1.82) is 0 Å². The zero-order valence-corrected chi connectivity index (χ0v) is 16.1. The fraction of sp³-hybridized carbons (Fsp3) is 0.333. The summed E-state index contributed by atoms with van der Waals surface area (Å²) in [6, 6.07) is 11.9. The molecule has 3 rings (SSSR count). The van der Waals surface area contributed by atoms with Gasteiger partial charge in [-0.3, -0.25) is 9.59 Å². The lowest BCUT2D eigenvalue weighted by molar-refractivity contribution is -0.130. The van der Waals surface area contributed by atoms with E-state index in [2.05, 4.69) is 0 Å². The number of methoxy groups -OCH3 is 1. The summed E-state index contributed by atoms with van der Waals surface area (Å²) in [6.07, 6.45) is -0.438. The molecule has 0 unspecified atom stereocenters. The van der Waals surface area contributed by atoms with Gasteiger partial charge >= 0.3 is 0 Å². The highest BCUT2D eigenvalue weighted by Crippen LogP contribution is 2.33. The summed E-state index contributed by atoms with van der Waals surface area (Å²) in [7, 11) is 3.06. The van der Waals surface area contributed by atoms with Crippen LogP contribution in [0.1, 0.15) is 18.9 Å². The van der Waals surface area contributed by atoms with Crippen molar-refractivity contribution in [1.82, 2.24) is 4.90 Å². The van der Waals surface area contributed by atoms with E-state index in [1.165, 1.54) is 24.1 Å². The first kappa shape index (κ1) is 19.7. The predicted molar refractivity (Wildman–Crippen MR) is 103 cm³/mol. The zero-order chi connectivity index (χ0) is 20.3. The second-order valence-corrected chi connectivity index (χ2v) is 6.69. The Morgan fingerprint density at radius 3 is 2.75 bits per heavy atom. The number of carbonyl (C=O) groups is 2. The summed E-state index contributed by atoms with van der Waals surface area (Å²) in [5.74, 6) is 0.0119. The summed E-state index contributed by atoms with van der Waals surface area (Å²) in [6.45, 7) is 2.21. The van der Waals surface area contributed by atoms with E-state index in [-0.39, 0.29) is 37.1 Å². The Labute approximate surface area is 163 Å². The summed E-state index contributed by atoms with van der Waals surface area (Å²) in [5, 5.41) is 0. The van der Waals surface area contributed by atoms with Crippen LogP contribution in [0.4, 0.5) is 10.1 Å². The van der Waals surface area contributed by atoms with Crippen molar-refractivity contribution in [3.63, 3.8) is 0 Å². The van der Waals surface area contributed by atoms with Gasteiger partial charge in [-0.25, -0.2) is 4.39 Å². The van der Waals surface area contributed by atoms with Crippen LogP contribution in [0.5, 0.6) is 11.5 Å². The highest BCUT2D eigenvalue weighted by molar-refractivity contribution is 6.00. The topological polar surface area (TPSA) is 59.1 Å². The van der Waals surface area contributed by atoms with Crippen LogP contribution in [-0.4, -0.2) is 43.5 Å². The van der Waals surface area contributed by atoms with E-state index in [9.17, 15) is 14.0 Å². The Hall–Kier alpha value is -3.09. The predicted octanol–water partition coefficient (Wildman–Crippen LogP) is 3.00. The first-order chi connectivity index (χ1) is 13.4. The van der Waals surface area contributed by atoms with Gasteiger partial charge in [-0.2, -0.15) is 0 Å². The van der Waals surface area contributed by atoms with E-state index in [4.69, 9.17) is 9.47 Å². The lowest BCUT2D eigenvalue weighted by atomic mass is 10.1. The number of para-hydroxylation sites is 2. The molecule has 0 aromatic heterocycles. The van der Waals surface area contributed by atoms with E-state index in [0.29, 0.717) is 17.0 Å². The van der Waals surface area contributed by atoms with Gasteiger partial charge in [0, 0.05) is 26.6 Å². The van der Waals surface area contributed by atoms with Gasteiger partial charge < -0.3 is 19.3 Å². The van der Waals surface area contributed by atoms with Crippen LogP contribution in [0, 0.1) is 5.82 Å². The number of halogens is 1. The summed E-state index contributed by atoms with van der Waals surface area (Å²) >= 11 is 0. The highest BCUT2D eigenvalue weighted by Gasteiger charge is 2.31. The lowest BCUT2D eigenvalue weighted by Gasteiger charge is -2.33. The normalized spacial score (nSPS) is 15.6. The summed E-state index contributed by atoms with van der Waals surface area (Å²) < 4.78 is 24.3. The SMILES string of the molecule is COc1ccc(CN(C)C(=O)CCN2C(=O)[C@@H](C)Oc3ccccc32)cc1F. The Kier molecular flexibility index (Phi) is 5.82. The smallest absolute Gasteiger partial charge is 0.267 e. The molecule has 0 aliphatic carbocycles. The van der Waals surface area contributed by atoms with Crippen molar-refractivity contribution in [2.75, 3.05) is 25.6 Å². The second-order valence-electron chi connectivity index (χ2n) is 6.69. The van der Waals surface area contributed by atoms with Gasteiger partial charge in [0.05, 0.1) is 12.8 Å². The van der Waals surface area contributed by atoms with Crippen LogP contribution >= 0.6 is 0 Å². The van der Waals surface area contributed by atoms with E-state index >= 15 is 0 Å². The maximum absolute atomic E-state index is 13.8. The molecular formula is C21H23FN2O4. The number of fused-ring (bicyclic) bond motifs is 1. The third kappa shape index (κ3) is 4.08. The van der Waals surface area contributed by atoms with Gasteiger partial charge in [0.15, 0.2) is 17.7 Å². The second kappa shape index (κ2) is 8.29. The minimum atomic E-state index is -0.593. The maximum atomic E-state index is 13.8. The standard InChI is InChI=1S/C21H23FN2O4/c1-14-21(26)24(17-6-4-5-7-19(17)28-14)11-10-20(25)23(2)13-15-8-9-18(27-3)16(22)12-15/h4-9,12,14H,10-11,13H2,1-3H3/t14-/m1/s1. The molecule has 0 bridgehead atoms. The number of nitrogens with zero attached hydrogens (tertiary/aromatic N) is 2. The molecule has 1 atom stereocenters. The van der Waals surface area contributed by atoms with E-state index in [0.717, 1.165) is 0 Å². The van der Waals surface area contributed by atoms with E-state index in [1.807, 2.05) is 12.1 Å². The molecular weight excluding hydrogens is 363 g/mol.